The number of nitrogen functional groups attached to an aromatic ring is 1. The van der Waals surface area contributed by atoms with E-state index < -0.39 is 0 Å². The fourth-order valence-corrected chi connectivity index (χ4v) is 2.39. The number of hydrogen-bond donors (Lipinski definition) is 1. The van der Waals surface area contributed by atoms with Crippen LogP contribution in [0, 0.1) is 17.1 Å². The van der Waals surface area contributed by atoms with Gasteiger partial charge in [-0.3, -0.25) is 0 Å². The van der Waals surface area contributed by atoms with Crippen molar-refractivity contribution in [3.8, 4) is 6.07 Å². The van der Waals surface area contributed by atoms with Crippen LogP contribution in [-0.2, 0) is 5.75 Å². The molecule has 0 aliphatic rings. The lowest BCUT2D eigenvalue weighted by Gasteiger charge is -2.03. The number of hydrogen-bond acceptors (Lipinski definition) is 4. The average Bonchev–Trinajstić information content (AvgIpc) is 2.35. The number of pyridine rings is 1. The molecule has 0 saturated heterocycles. The molecule has 1 heterocycles. The van der Waals surface area contributed by atoms with Crippen LogP contribution in [0.3, 0.4) is 0 Å². The van der Waals surface area contributed by atoms with Crippen molar-refractivity contribution in [3.05, 3.63) is 53.6 Å². The highest BCUT2D eigenvalue weighted by molar-refractivity contribution is 7.98. The molecule has 18 heavy (non-hydrogen) atoms. The minimum absolute atomic E-state index is 0.343. The lowest BCUT2D eigenvalue weighted by atomic mass is 10.2. The van der Waals surface area contributed by atoms with Gasteiger partial charge in [-0.2, -0.15) is 5.26 Å². The SMILES string of the molecule is N#Cc1cc(CSc2cc(N)cc(F)c2)ccn1. The summed E-state index contributed by atoms with van der Waals surface area (Å²) in [5.74, 6) is 0.296. The van der Waals surface area contributed by atoms with E-state index in [9.17, 15) is 4.39 Å². The van der Waals surface area contributed by atoms with E-state index in [0.717, 1.165) is 10.5 Å². The molecule has 2 N–H and O–H groups in total. The highest BCUT2D eigenvalue weighted by atomic mass is 32.2. The predicted octanol–water partition coefficient (Wildman–Crippen LogP) is 2.97. The Hall–Kier alpha value is -2.06. The first-order chi connectivity index (χ1) is 8.67. The van der Waals surface area contributed by atoms with Gasteiger partial charge >= 0.3 is 0 Å². The molecule has 1 aromatic heterocycles. The van der Waals surface area contributed by atoms with Crippen molar-refractivity contribution in [2.45, 2.75) is 10.6 Å². The predicted molar refractivity (Wildman–Crippen MR) is 69.3 cm³/mol. The van der Waals surface area contributed by atoms with Crippen LogP contribution < -0.4 is 5.73 Å². The number of anilines is 1. The molecule has 0 bridgehead atoms. The van der Waals surface area contributed by atoms with Crippen LogP contribution >= 0.6 is 11.8 Å². The number of nitrogens with zero attached hydrogens (tertiary/aromatic N) is 2. The van der Waals surface area contributed by atoms with Crippen LogP contribution in [0.2, 0.25) is 0 Å². The number of thioether (sulfide) groups is 1. The maximum Gasteiger partial charge on any atom is 0.140 e. The van der Waals surface area contributed by atoms with Crippen LogP contribution in [0.15, 0.2) is 41.4 Å². The molecule has 0 amide bonds. The Balaban J connectivity index is 2.09. The first kappa shape index (κ1) is 12.4. The number of rotatable bonds is 3. The van der Waals surface area contributed by atoms with Crippen LogP contribution in [0.4, 0.5) is 10.1 Å². The fraction of sp³-hybridized carbons (Fsp3) is 0.0769. The van der Waals surface area contributed by atoms with Gasteiger partial charge in [-0.1, -0.05) is 0 Å². The van der Waals surface area contributed by atoms with Gasteiger partial charge in [0.1, 0.15) is 17.6 Å². The highest BCUT2D eigenvalue weighted by Gasteiger charge is 2.01. The third-order valence-electron chi connectivity index (χ3n) is 2.24. The van der Waals surface area contributed by atoms with E-state index in [4.69, 9.17) is 11.0 Å². The second-order valence-corrected chi connectivity index (χ2v) is 4.72. The molecular weight excluding hydrogens is 249 g/mol. The Bertz CT molecular complexity index is 587. The minimum atomic E-state index is -0.343. The van der Waals surface area contributed by atoms with Crippen LogP contribution in [0.25, 0.3) is 0 Å². The molecule has 0 aliphatic carbocycles. The van der Waals surface area contributed by atoms with Crippen LogP contribution in [0.1, 0.15) is 11.3 Å². The van der Waals surface area contributed by atoms with Gasteiger partial charge in [0.15, 0.2) is 0 Å². The average molecular weight is 259 g/mol. The molecule has 0 spiro atoms. The number of halogens is 1. The Morgan fingerprint density at radius 1 is 1.33 bits per heavy atom. The molecule has 5 heteroatoms. The molecule has 0 saturated carbocycles. The Kier molecular flexibility index (Phi) is 3.80. The van der Waals surface area contributed by atoms with E-state index >= 15 is 0 Å². The van der Waals surface area contributed by atoms with Crippen LogP contribution in [-0.4, -0.2) is 4.98 Å². The molecule has 0 aliphatic heterocycles. The van der Waals surface area contributed by atoms with Crippen molar-refractivity contribution in [1.82, 2.24) is 4.98 Å². The summed E-state index contributed by atoms with van der Waals surface area (Å²) in [7, 11) is 0. The number of aromatic nitrogens is 1. The lowest BCUT2D eigenvalue weighted by Crippen LogP contribution is -1.89. The summed E-state index contributed by atoms with van der Waals surface area (Å²) < 4.78 is 13.1. The monoisotopic (exact) mass is 259 g/mol. The van der Waals surface area contributed by atoms with Gasteiger partial charge in [-0.15, -0.1) is 11.8 Å². The van der Waals surface area contributed by atoms with E-state index in [-0.39, 0.29) is 5.82 Å². The molecule has 0 unspecified atom stereocenters. The molecule has 1 aromatic carbocycles. The van der Waals surface area contributed by atoms with E-state index in [1.54, 1.807) is 18.3 Å². The van der Waals surface area contributed by atoms with E-state index in [0.29, 0.717) is 17.1 Å². The van der Waals surface area contributed by atoms with E-state index in [1.165, 1.54) is 23.9 Å². The van der Waals surface area contributed by atoms with E-state index in [2.05, 4.69) is 4.98 Å². The molecular formula is C13H10FN3S. The highest BCUT2D eigenvalue weighted by Crippen LogP contribution is 2.25. The van der Waals surface area contributed by atoms with Crippen molar-refractivity contribution in [2.75, 3.05) is 5.73 Å². The topological polar surface area (TPSA) is 62.7 Å². The lowest BCUT2D eigenvalue weighted by molar-refractivity contribution is 0.625. The summed E-state index contributed by atoms with van der Waals surface area (Å²) in [6, 6.07) is 9.97. The van der Waals surface area contributed by atoms with Gasteiger partial charge in [0.25, 0.3) is 0 Å². The molecule has 2 rings (SSSR count). The smallest absolute Gasteiger partial charge is 0.140 e. The summed E-state index contributed by atoms with van der Waals surface area (Å²) in [5.41, 5.74) is 7.32. The Labute approximate surface area is 108 Å². The third-order valence-corrected chi connectivity index (χ3v) is 3.28. The summed E-state index contributed by atoms with van der Waals surface area (Å²) >= 11 is 1.46. The first-order valence-corrected chi connectivity index (χ1v) is 6.20. The summed E-state index contributed by atoms with van der Waals surface area (Å²) in [6.07, 6.45) is 1.59. The van der Waals surface area contributed by atoms with Crippen molar-refractivity contribution in [1.29, 1.82) is 5.26 Å². The van der Waals surface area contributed by atoms with E-state index in [1.807, 2.05) is 12.1 Å². The second-order valence-electron chi connectivity index (χ2n) is 3.67. The largest absolute Gasteiger partial charge is 0.399 e. The van der Waals surface area contributed by atoms with Crippen molar-refractivity contribution in [2.24, 2.45) is 0 Å². The van der Waals surface area contributed by atoms with Gasteiger partial charge < -0.3 is 5.73 Å². The zero-order chi connectivity index (χ0) is 13.0. The zero-order valence-corrected chi connectivity index (χ0v) is 10.2. The maximum absolute atomic E-state index is 13.1. The third kappa shape index (κ3) is 3.22. The molecule has 90 valence electrons. The van der Waals surface area contributed by atoms with Gasteiger partial charge in [-0.05, 0) is 35.9 Å². The molecule has 3 nitrogen and oxygen atoms in total. The van der Waals surface area contributed by atoms with Gasteiger partial charge in [0.05, 0.1) is 0 Å². The van der Waals surface area contributed by atoms with Crippen molar-refractivity contribution in [3.63, 3.8) is 0 Å². The quantitative estimate of drug-likeness (QED) is 0.680. The number of benzene rings is 1. The number of nitrogens with two attached hydrogens (primary N) is 1. The normalized spacial score (nSPS) is 10.0. The summed E-state index contributed by atoms with van der Waals surface area (Å²) in [4.78, 5) is 4.66. The molecule has 0 fully saturated rings. The fourth-order valence-electron chi connectivity index (χ4n) is 1.46. The Morgan fingerprint density at radius 3 is 2.89 bits per heavy atom. The van der Waals surface area contributed by atoms with Gasteiger partial charge in [-0.25, -0.2) is 9.37 Å². The van der Waals surface area contributed by atoms with Crippen molar-refractivity contribution < 1.29 is 4.39 Å². The van der Waals surface area contributed by atoms with Crippen LogP contribution in [0.5, 0.6) is 0 Å². The molecule has 2 aromatic rings. The number of nitriles is 1. The summed E-state index contributed by atoms with van der Waals surface area (Å²) in [6.45, 7) is 0. The molecule has 0 radical (unpaired) electrons. The zero-order valence-electron chi connectivity index (χ0n) is 9.43. The molecule has 0 atom stereocenters. The first-order valence-electron chi connectivity index (χ1n) is 5.21. The Morgan fingerprint density at radius 2 is 2.17 bits per heavy atom. The maximum atomic E-state index is 13.1. The minimum Gasteiger partial charge on any atom is -0.399 e. The van der Waals surface area contributed by atoms with Gasteiger partial charge in [0.2, 0.25) is 0 Å². The second kappa shape index (κ2) is 5.52. The summed E-state index contributed by atoms with van der Waals surface area (Å²) in [5, 5.41) is 8.73. The standard InChI is InChI=1S/C13H10FN3S/c14-10-4-11(16)6-13(5-10)18-8-9-1-2-17-12(3-9)7-15/h1-6H,8,16H2. The van der Waals surface area contributed by atoms with Gasteiger partial charge in [0, 0.05) is 22.5 Å². The van der Waals surface area contributed by atoms with Crippen molar-refractivity contribution >= 4 is 17.4 Å².